The number of pyridine rings is 1. The molecule has 0 spiro atoms. The Morgan fingerprint density at radius 1 is 1.22 bits per heavy atom. The quantitative estimate of drug-likeness (QED) is 0.631. The maximum Gasteiger partial charge on any atom is 0.287 e. The number of nitrogens with zero attached hydrogens (tertiary/aromatic N) is 2. The topological polar surface area (TPSA) is 97.2 Å². The minimum Gasteiger partial charge on any atom is -0.366 e. The van der Waals surface area contributed by atoms with Crippen molar-refractivity contribution in [3.8, 4) is 0 Å². The Morgan fingerprint density at radius 2 is 1.96 bits per heavy atom. The van der Waals surface area contributed by atoms with E-state index < -0.39 is 4.92 Å². The summed E-state index contributed by atoms with van der Waals surface area (Å²) in [6, 6.07) is 10.5. The van der Waals surface area contributed by atoms with Gasteiger partial charge in [0.25, 0.3) is 5.69 Å². The highest BCUT2D eigenvalue weighted by Crippen LogP contribution is 2.30. The minimum atomic E-state index is -0.481. The van der Waals surface area contributed by atoms with E-state index in [1.165, 1.54) is 12.3 Å². The fourth-order valence-electron chi connectivity index (χ4n) is 2.09. The van der Waals surface area contributed by atoms with E-state index in [9.17, 15) is 14.9 Å². The Bertz CT molecular complexity index is 709. The molecule has 1 aliphatic rings. The molecule has 23 heavy (non-hydrogen) atoms. The summed E-state index contributed by atoms with van der Waals surface area (Å²) in [5.74, 6) is 0.845. The van der Waals surface area contributed by atoms with Gasteiger partial charge >= 0.3 is 0 Å². The van der Waals surface area contributed by atoms with E-state index in [4.69, 9.17) is 0 Å². The first-order chi connectivity index (χ1) is 11.1. The molecule has 1 aliphatic carbocycles. The predicted octanol–water partition coefficient (Wildman–Crippen LogP) is 2.95. The Labute approximate surface area is 132 Å². The second-order valence-corrected chi connectivity index (χ2v) is 5.47. The van der Waals surface area contributed by atoms with Gasteiger partial charge in [0.15, 0.2) is 0 Å². The summed E-state index contributed by atoms with van der Waals surface area (Å²) in [4.78, 5) is 25.7. The summed E-state index contributed by atoms with van der Waals surface area (Å²) < 4.78 is 0. The summed E-state index contributed by atoms with van der Waals surface area (Å²) in [7, 11) is 0. The number of rotatable bonds is 6. The van der Waals surface area contributed by atoms with Crippen LogP contribution in [0.3, 0.4) is 0 Å². The number of carbonyl (C=O) groups excluding carboxylic acids is 1. The first-order valence-electron chi connectivity index (χ1n) is 7.36. The molecule has 2 N–H and O–H groups in total. The number of anilines is 2. The highest BCUT2D eigenvalue weighted by atomic mass is 16.6. The molecule has 2 aromatic rings. The zero-order valence-electron chi connectivity index (χ0n) is 12.4. The molecule has 3 rings (SSSR count). The van der Waals surface area contributed by atoms with Crippen LogP contribution in [0.5, 0.6) is 0 Å². The zero-order valence-corrected chi connectivity index (χ0v) is 12.4. The molecule has 0 saturated heterocycles. The monoisotopic (exact) mass is 312 g/mol. The van der Waals surface area contributed by atoms with Crippen molar-refractivity contribution in [3.05, 3.63) is 58.3 Å². The number of nitro groups is 1. The van der Waals surface area contributed by atoms with Crippen LogP contribution >= 0.6 is 0 Å². The van der Waals surface area contributed by atoms with Gasteiger partial charge in [0.1, 0.15) is 12.0 Å². The molecule has 0 atom stereocenters. The lowest BCUT2D eigenvalue weighted by molar-refractivity contribution is -0.385. The maximum atomic E-state index is 11.7. The van der Waals surface area contributed by atoms with E-state index in [1.807, 2.05) is 24.3 Å². The standard InChI is InChI=1S/C16H16N4O3/c21-16(12-3-4-12)19-13-5-1-11(2-6-13)9-17-15-8-7-14(10-18-15)20(22)23/h1-2,5-8,10,12H,3-4,9H2,(H,17,18)(H,19,21). The second kappa shape index (κ2) is 6.43. The van der Waals surface area contributed by atoms with Gasteiger partial charge in [-0.3, -0.25) is 14.9 Å². The molecule has 0 unspecified atom stereocenters. The van der Waals surface area contributed by atoms with Crippen LogP contribution in [0.1, 0.15) is 18.4 Å². The van der Waals surface area contributed by atoms with Gasteiger partial charge in [0, 0.05) is 24.2 Å². The molecule has 1 aromatic carbocycles. The smallest absolute Gasteiger partial charge is 0.287 e. The van der Waals surface area contributed by atoms with E-state index in [-0.39, 0.29) is 17.5 Å². The summed E-state index contributed by atoms with van der Waals surface area (Å²) in [5.41, 5.74) is 1.78. The van der Waals surface area contributed by atoms with Crippen LogP contribution < -0.4 is 10.6 Å². The molecule has 1 aromatic heterocycles. The molecule has 0 aliphatic heterocycles. The number of benzene rings is 1. The van der Waals surface area contributed by atoms with Gasteiger partial charge < -0.3 is 10.6 Å². The molecule has 1 heterocycles. The number of hydrogen-bond acceptors (Lipinski definition) is 5. The molecule has 0 radical (unpaired) electrons. The minimum absolute atomic E-state index is 0.0358. The van der Waals surface area contributed by atoms with Crippen LogP contribution in [-0.4, -0.2) is 15.8 Å². The number of nitrogens with one attached hydrogen (secondary N) is 2. The largest absolute Gasteiger partial charge is 0.366 e. The molecule has 118 valence electrons. The third-order valence-corrected chi connectivity index (χ3v) is 3.60. The first-order valence-corrected chi connectivity index (χ1v) is 7.36. The fourth-order valence-corrected chi connectivity index (χ4v) is 2.09. The third kappa shape index (κ3) is 4.03. The van der Waals surface area contributed by atoms with Crippen LogP contribution in [0, 0.1) is 16.0 Å². The van der Waals surface area contributed by atoms with Crippen LogP contribution in [-0.2, 0) is 11.3 Å². The van der Waals surface area contributed by atoms with Crippen molar-refractivity contribution >= 4 is 23.1 Å². The van der Waals surface area contributed by atoms with Crippen molar-refractivity contribution in [2.24, 2.45) is 5.92 Å². The van der Waals surface area contributed by atoms with Crippen LogP contribution in [0.4, 0.5) is 17.2 Å². The third-order valence-electron chi connectivity index (χ3n) is 3.60. The van der Waals surface area contributed by atoms with Crippen molar-refractivity contribution in [1.29, 1.82) is 0 Å². The van der Waals surface area contributed by atoms with E-state index in [0.717, 1.165) is 24.1 Å². The van der Waals surface area contributed by atoms with Crippen molar-refractivity contribution < 1.29 is 9.72 Å². The second-order valence-electron chi connectivity index (χ2n) is 5.47. The van der Waals surface area contributed by atoms with Crippen molar-refractivity contribution in [1.82, 2.24) is 4.98 Å². The molecule has 1 fully saturated rings. The molecule has 1 amide bonds. The predicted molar refractivity (Wildman–Crippen MR) is 86.0 cm³/mol. The molecule has 0 bridgehead atoms. The lowest BCUT2D eigenvalue weighted by Gasteiger charge is -2.07. The first kappa shape index (κ1) is 15.0. The Kier molecular flexibility index (Phi) is 4.18. The lowest BCUT2D eigenvalue weighted by atomic mass is 10.2. The fraction of sp³-hybridized carbons (Fsp3) is 0.250. The van der Waals surface area contributed by atoms with Crippen molar-refractivity contribution in [3.63, 3.8) is 0 Å². The van der Waals surface area contributed by atoms with Gasteiger partial charge in [-0.2, -0.15) is 0 Å². The van der Waals surface area contributed by atoms with Crippen molar-refractivity contribution in [2.75, 3.05) is 10.6 Å². The Balaban J connectivity index is 1.53. The van der Waals surface area contributed by atoms with Gasteiger partial charge in [-0.25, -0.2) is 4.98 Å². The molecule has 1 saturated carbocycles. The van der Waals surface area contributed by atoms with Gasteiger partial charge in [-0.05, 0) is 36.6 Å². The van der Waals surface area contributed by atoms with Gasteiger partial charge in [0.05, 0.1) is 4.92 Å². The summed E-state index contributed by atoms with van der Waals surface area (Å²) in [6.07, 6.45) is 3.19. The summed E-state index contributed by atoms with van der Waals surface area (Å²) in [6.45, 7) is 0.543. The Morgan fingerprint density at radius 3 is 2.52 bits per heavy atom. The summed E-state index contributed by atoms with van der Waals surface area (Å²) >= 11 is 0. The SMILES string of the molecule is O=C(Nc1ccc(CNc2ccc([N+](=O)[O-])cn2)cc1)C1CC1. The maximum absolute atomic E-state index is 11.7. The molecular weight excluding hydrogens is 296 g/mol. The van der Waals surface area contributed by atoms with E-state index >= 15 is 0 Å². The normalized spacial score (nSPS) is 13.4. The van der Waals surface area contributed by atoms with Gasteiger partial charge in [-0.15, -0.1) is 0 Å². The zero-order chi connectivity index (χ0) is 16.2. The number of amides is 1. The van der Waals surface area contributed by atoms with E-state index in [2.05, 4.69) is 15.6 Å². The average Bonchev–Trinajstić information content (AvgIpc) is 3.39. The lowest BCUT2D eigenvalue weighted by Crippen LogP contribution is -2.13. The number of hydrogen-bond donors (Lipinski definition) is 2. The van der Waals surface area contributed by atoms with Crippen molar-refractivity contribution in [2.45, 2.75) is 19.4 Å². The van der Waals surface area contributed by atoms with Gasteiger partial charge in [-0.1, -0.05) is 12.1 Å². The van der Waals surface area contributed by atoms with E-state index in [1.54, 1.807) is 6.07 Å². The molecular formula is C16H16N4O3. The number of aromatic nitrogens is 1. The van der Waals surface area contributed by atoms with Gasteiger partial charge in [0.2, 0.25) is 5.91 Å². The molecule has 7 heteroatoms. The molecule has 7 nitrogen and oxygen atoms in total. The van der Waals surface area contributed by atoms with Crippen LogP contribution in [0.2, 0.25) is 0 Å². The number of carbonyl (C=O) groups is 1. The Hall–Kier alpha value is -2.96. The van der Waals surface area contributed by atoms with Crippen LogP contribution in [0.25, 0.3) is 0 Å². The highest BCUT2D eigenvalue weighted by molar-refractivity contribution is 5.93. The summed E-state index contributed by atoms with van der Waals surface area (Å²) in [5, 5.41) is 16.5. The highest BCUT2D eigenvalue weighted by Gasteiger charge is 2.29. The van der Waals surface area contributed by atoms with Crippen LogP contribution in [0.15, 0.2) is 42.6 Å². The van der Waals surface area contributed by atoms with E-state index in [0.29, 0.717) is 12.4 Å². The average molecular weight is 312 g/mol.